The summed E-state index contributed by atoms with van der Waals surface area (Å²) in [6.45, 7) is 0.180. The van der Waals surface area contributed by atoms with E-state index in [1.807, 2.05) is 6.07 Å². The highest BCUT2D eigenvalue weighted by Gasteiger charge is 2.32. The number of nitrogens with zero attached hydrogens (tertiary/aromatic N) is 2. The number of amides is 2. The van der Waals surface area contributed by atoms with Gasteiger partial charge in [-0.2, -0.15) is 0 Å². The molecular weight excluding hydrogens is 354 g/mol. The van der Waals surface area contributed by atoms with Crippen molar-refractivity contribution in [3.05, 3.63) is 42.1 Å². The Labute approximate surface area is 155 Å². The van der Waals surface area contributed by atoms with E-state index in [0.29, 0.717) is 29.7 Å². The van der Waals surface area contributed by atoms with Crippen molar-refractivity contribution in [3.8, 4) is 17.4 Å². The van der Waals surface area contributed by atoms with Gasteiger partial charge < -0.3 is 29.6 Å². The molecule has 1 aromatic heterocycles. The van der Waals surface area contributed by atoms with Crippen LogP contribution in [0.5, 0.6) is 17.4 Å². The van der Waals surface area contributed by atoms with Gasteiger partial charge >= 0.3 is 6.09 Å². The second kappa shape index (κ2) is 7.81. The van der Waals surface area contributed by atoms with Crippen LogP contribution >= 0.6 is 0 Å². The van der Waals surface area contributed by atoms with Crippen LogP contribution in [0, 0.1) is 0 Å². The Bertz CT molecular complexity index is 857. The SMILES string of the molecule is COc1cc(COc2ccc3c(c2)N(C)C(=O)[C@@H](OC(N)=O)CO3)ccn1. The molecule has 0 unspecified atom stereocenters. The van der Waals surface area contributed by atoms with E-state index >= 15 is 0 Å². The lowest BCUT2D eigenvalue weighted by Crippen LogP contribution is -2.41. The summed E-state index contributed by atoms with van der Waals surface area (Å²) in [4.78, 5) is 28.8. The predicted molar refractivity (Wildman–Crippen MR) is 94.9 cm³/mol. The number of anilines is 1. The number of carbonyl (C=O) groups is 2. The molecule has 2 N–H and O–H groups in total. The summed E-state index contributed by atoms with van der Waals surface area (Å²) < 4.78 is 21.3. The van der Waals surface area contributed by atoms with Crippen molar-refractivity contribution in [2.75, 3.05) is 25.7 Å². The van der Waals surface area contributed by atoms with Crippen LogP contribution < -0.4 is 24.8 Å². The normalized spacial score (nSPS) is 16.0. The summed E-state index contributed by atoms with van der Waals surface area (Å²) >= 11 is 0. The van der Waals surface area contributed by atoms with Gasteiger partial charge in [-0.05, 0) is 23.8 Å². The second-order valence-corrected chi connectivity index (χ2v) is 5.76. The molecule has 0 aliphatic carbocycles. The number of hydrogen-bond acceptors (Lipinski definition) is 7. The standard InChI is InChI=1S/C18H19N3O6/c1-21-13-8-12(25-9-11-5-6-20-16(7-11)24-2)3-4-14(13)26-10-15(17(21)22)27-18(19)23/h3-8,15H,9-10H2,1-2H3,(H2,19,23)/t15-/m0/s1. The van der Waals surface area contributed by atoms with Crippen LogP contribution in [-0.2, 0) is 16.1 Å². The van der Waals surface area contributed by atoms with E-state index in [1.54, 1.807) is 44.6 Å². The molecule has 2 heterocycles. The monoisotopic (exact) mass is 373 g/mol. The summed E-state index contributed by atoms with van der Waals surface area (Å²) in [5.74, 6) is 1.07. The average molecular weight is 373 g/mol. The van der Waals surface area contributed by atoms with Gasteiger partial charge in [0.2, 0.25) is 12.0 Å². The van der Waals surface area contributed by atoms with Gasteiger partial charge in [-0.3, -0.25) is 4.79 Å². The van der Waals surface area contributed by atoms with Crippen LogP contribution in [0.15, 0.2) is 36.5 Å². The Morgan fingerprint density at radius 3 is 2.93 bits per heavy atom. The molecule has 1 aromatic carbocycles. The lowest BCUT2D eigenvalue weighted by molar-refractivity contribution is -0.127. The number of benzene rings is 1. The minimum atomic E-state index is -1.10. The molecule has 3 rings (SSSR count). The van der Waals surface area contributed by atoms with E-state index in [0.717, 1.165) is 5.56 Å². The Kier molecular flexibility index (Phi) is 5.30. The summed E-state index contributed by atoms with van der Waals surface area (Å²) in [6.07, 6.45) is -0.505. The third-order valence-electron chi connectivity index (χ3n) is 3.96. The molecule has 142 valence electrons. The topological polar surface area (TPSA) is 113 Å². The van der Waals surface area contributed by atoms with Crippen LogP contribution in [0.3, 0.4) is 0 Å². The van der Waals surface area contributed by atoms with Gasteiger partial charge in [-0.15, -0.1) is 0 Å². The summed E-state index contributed by atoms with van der Waals surface area (Å²) in [5.41, 5.74) is 6.39. The highest BCUT2D eigenvalue weighted by Crippen LogP contribution is 2.34. The van der Waals surface area contributed by atoms with Crippen molar-refractivity contribution in [1.82, 2.24) is 4.98 Å². The van der Waals surface area contributed by atoms with Crippen LogP contribution in [0.25, 0.3) is 0 Å². The van der Waals surface area contributed by atoms with Crippen molar-refractivity contribution in [1.29, 1.82) is 0 Å². The lowest BCUT2D eigenvalue weighted by Gasteiger charge is -2.19. The zero-order valence-corrected chi connectivity index (χ0v) is 14.9. The molecule has 0 fully saturated rings. The largest absolute Gasteiger partial charge is 0.489 e. The smallest absolute Gasteiger partial charge is 0.405 e. The summed E-state index contributed by atoms with van der Waals surface area (Å²) in [6, 6.07) is 8.68. The average Bonchev–Trinajstić information content (AvgIpc) is 2.78. The van der Waals surface area contributed by atoms with Gasteiger partial charge in [0.25, 0.3) is 5.91 Å². The third kappa shape index (κ3) is 4.20. The molecule has 2 aromatic rings. The first-order valence-corrected chi connectivity index (χ1v) is 8.10. The van der Waals surface area contributed by atoms with E-state index in [9.17, 15) is 9.59 Å². The molecule has 0 saturated carbocycles. The molecule has 1 aliphatic heterocycles. The number of fused-ring (bicyclic) bond motifs is 1. The number of aromatic nitrogens is 1. The van der Waals surface area contributed by atoms with Crippen LogP contribution in [0.4, 0.5) is 10.5 Å². The van der Waals surface area contributed by atoms with Gasteiger partial charge in [0, 0.05) is 25.4 Å². The highest BCUT2D eigenvalue weighted by atomic mass is 16.6. The van der Waals surface area contributed by atoms with Gasteiger partial charge in [0.15, 0.2) is 0 Å². The predicted octanol–water partition coefficient (Wildman–Crippen LogP) is 1.49. The molecule has 0 bridgehead atoms. The number of rotatable bonds is 5. The Balaban J connectivity index is 1.75. The van der Waals surface area contributed by atoms with Gasteiger partial charge in [-0.1, -0.05) is 0 Å². The van der Waals surface area contributed by atoms with Crippen molar-refractivity contribution < 1.29 is 28.5 Å². The zero-order chi connectivity index (χ0) is 19.4. The number of methoxy groups -OCH3 is 1. The van der Waals surface area contributed by atoms with Crippen molar-refractivity contribution in [3.63, 3.8) is 0 Å². The number of ether oxygens (including phenoxy) is 4. The molecule has 9 nitrogen and oxygen atoms in total. The van der Waals surface area contributed by atoms with E-state index in [4.69, 9.17) is 24.7 Å². The number of likely N-dealkylation sites (N-methyl/N-ethyl adjacent to an activating group) is 1. The van der Waals surface area contributed by atoms with E-state index < -0.39 is 18.1 Å². The number of hydrogen-bond donors (Lipinski definition) is 1. The molecule has 2 amide bonds. The number of nitrogens with two attached hydrogens (primary N) is 1. The van der Waals surface area contributed by atoms with Gasteiger partial charge in [0.05, 0.1) is 12.8 Å². The summed E-state index contributed by atoms with van der Waals surface area (Å²) in [5, 5.41) is 0. The van der Waals surface area contributed by atoms with E-state index in [-0.39, 0.29) is 6.61 Å². The van der Waals surface area contributed by atoms with E-state index in [1.165, 1.54) is 4.90 Å². The van der Waals surface area contributed by atoms with Crippen LogP contribution in [0.1, 0.15) is 5.56 Å². The van der Waals surface area contributed by atoms with Crippen LogP contribution in [0.2, 0.25) is 0 Å². The lowest BCUT2D eigenvalue weighted by atomic mass is 10.2. The molecule has 0 spiro atoms. The molecule has 1 atom stereocenters. The molecule has 9 heteroatoms. The fraction of sp³-hybridized carbons (Fsp3) is 0.278. The fourth-order valence-corrected chi connectivity index (χ4v) is 2.59. The Morgan fingerprint density at radius 1 is 1.37 bits per heavy atom. The minimum Gasteiger partial charge on any atom is -0.489 e. The second-order valence-electron chi connectivity index (χ2n) is 5.76. The first kappa shape index (κ1) is 18.3. The van der Waals surface area contributed by atoms with Gasteiger partial charge in [0.1, 0.15) is 24.7 Å². The molecule has 27 heavy (non-hydrogen) atoms. The van der Waals surface area contributed by atoms with Crippen molar-refractivity contribution in [2.24, 2.45) is 5.73 Å². The van der Waals surface area contributed by atoms with Gasteiger partial charge in [-0.25, -0.2) is 9.78 Å². The Hall–Kier alpha value is -3.49. The minimum absolute atomic E-state index is 0.115. The highest BCUT2D eigenvalue weighted by molar-refractivity contribution is 5.99. The summed E-state index contributed by atoms with van der Waals surface area (Å²) in [7, 11) is 3.10. The van der Waals surface area contributed by atoms with Crippen LogP contribution in [-0.4, -0.2) is 43.9 Å². The molecule has 0 saturated heterocycles. The molecular formula is C18H19N3O6. The third-order valence-corrected chi connectivity index (χ3v) is 3.96. The number of primary amides is 1. The quantitative estimate of drug-likeness (QED) is 0.844. The fourth-order valence-electron chi connectivity index (χ4n) is 2.59. The maximum absolute atomic E-state index is 12.5. The number of pyridine rings is 1. The van der Waals surface area contributed by atoms with E-state index in [2.05, 4.69) is 4.98 Å². The maximum atomic E-state index is 12.5. The Morgan fingerprint density at radius 2 is 2.19 bits per heavy atom. The molecule has 0 radical (unpaired) electrons. The first-order valence-electron chi connectivity index (χ1n) is 8.10. The number of carbonyl (C=O) groups excluding carboxylic acids is 2. The van der Waals surface area contributed by atoms with Crippen molar-refractivity contribution in [2.45, 2.75) is 12.7 Å². The first-order chi connectivity index (χ1) is 13.0. The maximum Gasteiger partial charge on any atom is 0.405 e. The molecule has 1 aliphatic rings. The van der Waals surface area contributed by atoms with Crippen molar-refractivity contribution >= 4 is 17.7 Å². The zero-order valence-electron chi connectivity index (χ0n) is 14.9.